The van der Waals surface area contributed by atoms with Gasteiger partial charge < -0.3 is 14.9 Å². The summed E-state index contributed by atoms with van der Waals surface area (Å²) in [4.78, 5) is 17.8. The topological polar surface area (TPSA) is 90.9 Å². The highest BCUT2D eigenvalue weighted by atomic mass is 32.2. The van der Waals surface area contributed by atoms with E-state index in [2.05, 4.69) is 53.9 Å². The molecule has 2 saturated carbocycles. The number of anilines is 2. The van der Waals surface area contributed by atoms with Crippen molar-refractivity contribution in [3.05, 3.63) is 60.4 Å². The van der Waals surface area contributed by atoms with E-state index >= 15 is 0 Å². The van der Waals surface area contributed by atoms with E-state index in [1.54, 1.807) is 11.9 Å². The lowest BCUT2D eigenvalue weighted by Crippen LogP contribution is -2.23. The van der Waals surface area contributed by atoms with Gasteiger partial charge in [-0.05, 0) is 61.4 Å². The Labute approximate surface area is 190 Å². The number of aromatic amines is 1. The highest BCUT2D eigenvalue weighted by Gasteiger charge is 2.39. The highest BCUT2D eigenvalue weighted by Crippen LogP contribution is 2.40. The third-order valence-corrected chi connectivity index (χ3v) is 7.15. The fourth-order valence-corrected chi connectivity index (χ4v) is 4.86. The molecule has 2 atom stereocenters. The fourth-order valence-electron chi connectivity index (χ4n) is 4.00. The van der Waals surface area contributed by atoms with Crippen molar-refractivity contribution >= 4 is 35.2 Å². The molecule has 3 N–H and O–H groups in total. The van der Waals surface area contributed by atoms with Crippen LogP contribution in [0.3, 0.4) is 0 Å². The predicted octanol–water partition coefficient (Wildman–Crippen LogP) is 4.47. The molecule has 164 valence electrons. The van der Waals surface area contributed by atoms with Crippen LogP contribution in [0.2, 0.25) is 0 Å². The number of hydrogen-bond donors (Lipinski definition) is 3. The van der Waals surface area contributed by atoms with E-state index in [0.29, 0.717) is 18.4 Å². The maximum absolute atomic E-state index is 12.2. The van der Waals surface area contributed by atoms with Crippen LogP contribution in [0, 0.1) is 11.8 Å². The minimum atomic E-state index is 0.127. The molecule has 0 radical (unpaired) electrons. The summed E-state index contributed by atoms with van der Waals surface area (Å²) in [6.07, 6.45) is 9.33. The summed E-state index contributed by atoms with van der Waals surface area (Å²) in [7, 11) is 0. The molecule has 2 aliphatic carbocycles. The molecule has 1 aromatic carbocycles. The number of hydrogen-bond acceptors (Lipinski definition) is 6. The first-order chi connectivity index (χ1) is 15.6. The van der Waals surface area contributed by atoms with Gasteiger partial charge in [-0.25, -0.2) is 4.98 Å². The van der Waals surface area contributed by atoms with E-state index in [-0.39, 0.29) is 11.8 Å². The number of carbonyl (C=O) groups excluding carboxylic acids is 1. The summed E-state index contributed by atoms with van der Waals surface area (Å²) in [5, 5.41) is 14.0. The maximum Gasteiger partial charge on any atom is 0.227 e. The van der Waals surface area contributed by atoms with Crippen LogP contribution in [0.15, 0.2) is 53.8 Å². The van der Waals surface area contributed by atoms with Crippen molar-refractivity contribution in [1.29, 1.82) is 0 Å². The minimum absolute atomic E-state index is 0.127. The number of fused-ring (bicyclic) bond motifs is 1. The van der Waals surface area contributed by atoms with Gasteiger partial charge >= 0.3 is 0 Å². The molecule has 2 aromatic heterocycles. The van der Waals surface area contributed by atoms with Gasteiger partial charge in [-0.1, -0.05) is 6.92 Å². The van der Waals surface area contributed by atoms with E-state index in [1.807, 2.05) is 36.7 Å². The standard InChI is InChI=1S/C23H25N7OS/c1-14-10-18(14)23(31)25-16-4-6-17(7-5-16)32-29-12-21-24-8-9-30(21)22(13-29)26-20-11-19(27-28-20)15-2-3-15/h4-9,11,13-15,18H,2-3,10,12H2,1H3,(H,25,31)(H2,26,27,28). The molecule has 0 spiro atoms. The second kappa shape index (κ2) is 7.74. The number of imidazole rings is 1. The molecule has 2 unspecified atom stereocenters. The van der Waals surface area contributed by atoms with E-state index in [0.717, 1.165) is 34.5 Å². The van der Waals surface area contributed by atoms with Crippen LogP contribution >= 0.6 is 11.9 Å². The van der Waals surface area contributed by atoms with Crippen molar-refractivity contribution in [2.24, 2.45) is 11.8 Å². The summed E-state index contributed by atoms with van der Waals surface area (Å²) in [6.45, 7) is 2.80. The Bertz CT molecular complexity index is 1180. The largest absolute Gasteiger partial charge is 0.326 e. The third-order valence-electron chi connectivity index (χ3n) is 6.20. The normalized spacial score (nSPS) is 21.7. The van der Waals surface area contributed by atoms with E-state index in [4.69, 9.17) is 0 Å². The number of nitrogens with one attached hydrogen (secondary N) is 3. The van der Waals surface area contributed by atoms with Gasteiger partial charge in [0.25, 0.3) is 0 Å². The van der Waals surface area contributed by atoms with Gasteiger partial charge in [0.1, 0.15) is 11.6 Å². The Hall–Kier alpha value is -3.20. The summed E-state index contributed by atoms with van der Waals surface area (Å²) in [5.41, 5.74) is 2.04. The van der Waals surface area contributed by atoms with Crippen LogP contribution in [-0.2, 0) is 11.3 Å². The highest BCUT2D eigenvalue weighted by molar-refractivity contribution is 7.97. The summed E-state index contributed by atoms with van der Waals surface area (Å²) in [6, 6.07) is 10.1. The average molecular weight is 448 g/mol. The summed E-state index contributed by atoms with van der Waals surface area (Å²) in [5.74, 6) is 4.13. The lowest BCUT2D eigenvalue weighted by molar-refractivity contribution is -0.117. The van der Waals surface area contributed by atoms with Crippen LogP contribution in [0.25, 0.3) is 5.82 Å². The minimum Gasteiger partial charge on any atom is -0.326 e. The number of aromatic nitrogens is 4. The number of nitrogens with zero attached hydrogens (tertiary/aromatic N) is 4. The first-order valence-corrected chi connectivity index (χ1v) is 11.8. The zero-order valence-electron chi connectivity index (χ0n) is 17.8. The molecule has 2 fully saturated rings. The lowest BCUT2D eigenvalue weighted by Gasteiger charge is -2.26. The van der Waals surface area contributed by atoms with Gasteiger partial charge in [0, 0.05) is 46.6 Å². The molecule has 0 saturated heterocycles. The zero-order valence-corrected chi connectivity index (χ0v) is 18.6. The molecule has 1 aliphatic heterocycles. The smallest absolute Gasteiger partial charge is 0.227 e. The molecule has 3 aromatic rings. The summed E-state index contributed by atoms with van der Waals surface area (Å²) >= 11 is 1.64. The van der Waals surface area contributed by atoms with Crippen molar-refractivity contribution in [3.63, 3.8) is 0 Å². The molecule has 1 amide bonds. The molecular formula is C23H25N7OS. The SMILES string of the molecule is CC1CC1C(=O)Nc1ccc(SN2C=C(Nc3cc(C4CC4)[nH]n3)n3ccnc3C2)cc1. The Morgan fingerprint density at radius 2 is 2.06 bits per heavy atom. The first kappa shape index (κ1) is 19.5. The monoisotopic (exact) mass is 447 g/mol. The molecule has 8 nitrogen and oxygen atoms in total. The second-order valence-electron chi connectivity index (χ2n) is 8.84. The molecule has 6 rings (SSSR count). The van der Waals surface area contributed by atoms with Crippen LogP contribution in [-0.4, -0.2) is 30.0 Å². The van der Waals surface area contributed by atoms with Crippen molar-refractivity contribution in [3.8, 4) is 0 Å². The Morgan fingerprint density at radius 1 is 1.25 bits per heavy atom. The van der Waals surface area contributed by atoms with Gasteiger partial charge in [-0.15, -0.1) is 0 Å². The molecule has 3 aliphatic rings. The fraction of sp³-hybridized carbons (Fsp3) is 0.348. The Morgan fingerprint density at radius 3 is 2.81 bits per heavy atom. The van der Waals surface area contributed by atoms with Gasteiger partial charge in [-0.3, -0.25) is 14.5 Å². The van der Waals surface area contributed by atoms with Crippen molar-refractivity contribution in [1.82, 2.24) is 24.1 Å². The molecular weight excluding hydrogens is 422 g/mol. The number of benzene rings is 1. The third kappa shape index (κ3) is 4.00. The van der Waals surface area contributed by atoms with E-state index < -0.39 is 0 Å². The van der Waals surface area contributed by atoms with Gasteiger partial charge in [-0.2, -0.15) is 5.10 Å². The Kier molecular flexibility index (Phi) is 4.71. The number of H-pyrrole nitrogens is 1. The molecule has 3 heterocycles. The number of carbonyl (C=O) groups is 1. The quantitative estimate of drug-likeness (QED) is 0.463. The summed E-state index contributed by atoms with van der Waals surface area (Å²) < 4.78 is 4.21. The Balaban J connectivity index is 1.15. The molecule has 0 bridgehead atoms. The maximum atomic E-state index is 12.2. The van der Waals surface area contributed by atoms with Crippen molar-refractivity contribution in [2.75, 3.05) is 10.6 Å². The first-order valence-electron chi connectivity index (χ1n) is 11.0. The predicted molar refractivity (Wildman–Crippen MR) is 124 cm³/mol. The van der Waals surface area contributed by atoms with Crippen LogP contribution in [0.4, 0.5) is 11.5 Å². The molecule has 32 heavy (non-hydrogen) atoms. The van der Waals surface area contributed by atoms with Crippen molar-refractivity contribution < 1.29 is 4.79 Å². The van der Waals surface area contributed by atoms with E-state index in [9.17, 15) is 4.79 Å². The molecule has 9 heteroatoms. The zero-order chi connectivity index (χ0) is 21.7. The van der Waals surface area contributed by atoms with Gasteiger partial charge in [0.2, 0.25) is 5.91 Å². The van der Waals surface area contributed by atoms with Crippen LogP contribution in [0.1, 0.15) is 43.6 Å². The lowest BCUT2D eigenvalue weighted by atomic mass is 10.3. The van der Waals surface area contributed by atoms with Gasteiger partial charge in [0.05, 0.1) is 12.7 Å². The van der Waals surface area contributed by atoms with Crippen LogP contribution in [0.5, 0.6) is 0 Å². The average Bonchev–Trinajstić information content (AvgIpc) is 3.66. The number of rotatable bonds is 7. The van der Waals surface area contributed by atoms with Crippen LogP contribution < -0.4 is 10.6 Å². The number of amides is 1. The second-order valence-corrected chi connectivity index (χ2v) is 9.96. The van der Waals surface area contributed by atoms with Crippen molar-refractivity contribution in [2.45, 2.75) is 43.5 Å². The van der Waals surface area contributed by atoms with Gasteiger partial charge in [0.15, 0.2) is 5.82 Å². The van der Waals surface area contributed by atoms with E-state index in [1.165, 1.54) is 18.5 Å².